The second kappa shape index (κ2) is 22.8. The van der Waals surface area contributed by atoms with Crippen molar-refractivity contribution in [1.82, 2.24) is 48.8 Å². The molecule has 28 nitrogen and oxygen atoms in total. The molecule has 7 heterocycles. The Morgan fingerprint density at radius 2 is 1.08 bits per heavy atom. The molecule has 32 heteroatoms. The summed E-state index contributed by atoms with van der Waals surface area (Å²) in [5, 5.41) is 18.3. The number of ether oxygens (including phenoxy) is 2. The molecule has 0 aliphatic carbocycles. The lowest BCUT2D eigenvalue weighted by Gasteiger charge is -2.41. The van der Waals surface area contributed by atoms with E-state index in [1.807, 2.05) is 79.9 Å². The van der Waals surface area contributed by atoms with Gasteiger partial charge in [-0.15, -0.1) is 0 Å². The predicted molar refractivity (Wildman–Crippen MR) is 281 cm³/mol. The van der Waals surface area contributed by atoms with E-state index < -0.39 is 129 Å². The molecule has 2 unspecified atom stereocenters. The number of aliphatic imine (C=N–C) groups is 2. The first-order valence-electron chi connectivity index (χ1n) is 24.4. The molecule has 2 N–H and O–H groups in total. The molecule has 0 saturated carbocycles. The number of nitrogens with one attached hydrogen (secondary N) is 2. The van der Waals surface area contributed by atoms with Crippen molar-refractivity contribution >= 4 is 79.2 Å². The van der Waals surface area contributed by atoms with Gasteiger partial charge in [-0.1, -0.05) is 41.5 Å². The SMILES string of the molecule is CN(C)/C=N/c1nc2c(ncn2[C@@H]2O[C@@H]3COP(=O)(OCCC#N)O[C@H]4[C@@H](O[Si](C)(C)C(C)(C)C)[C@H](n5cnc6c(=O)[nH]c(/N=C/N(C)C)nc65)O[C@@H]4COP(=O)(OCCC#N)O[C@H]3[C@H]2O[Si](C)(C)C(C)(C)C)c(=O)[nH]1. The molecule has 10 atom stereocenters. The lowest BCUT2D eigenvalue weighted by molar-refractivity contribution is -0.0703. The third kappa shape index (κ3) is 13.0. The van der Waals surface area contributed by atoms with Gasteiger partial charge in [0.1, 0.15) is 36.6 Å². The van der Waals surface area contributed by atoms with Crippen LogP contribution in [0, 0.1) is 22.7 Å². The maximum Gasteiger partial charge on any atom is 0.475 e. The number of aromatic nitrogens is 8. The van der Waals surface area contributed by atoms with Gasteiger partial charge in [-0.05, 0) is 36.3 Å². The highest BCUT2D eigenvalue weighted by molar-refractivity contribution is 7.48. The Labute approximate surface area is 441 Å². The highest BCUT2D eigenvalue weighted by atomic mass is 31.2. The molecule has 3 aliphatic rings. The van der Waals surface area contributed by atoms with Crippen molar-refractivity contribution < 1.29 is 54.6 Å². The summed E-state index contributed by atoms with van der Waals surface area (Å²) in [4.78, 5) is 62.0. The topological polar surface area (TPSA) is 332 Å². The van der Waals surface area contributed by atoms with Gasteiger partial charge in [0.05, 0.1) is 76.7 Å². The Bertz CT molecular complexity index is 2900. The van der Waals surface area contributed by atoms with Gasteiger partial charge >= 0.3 is 15.6 Å². The Kier molecular flexibility index (Phi) is 17.7. The third-order valence-electron chi connectivity index (χ3n) is 13.5. The van der Waals surface area contributed by atoms with Gasteiger partial charge in [0, 0.05) is 28.2 Å². The van der Waals surface area contributed by atoms with Crippen LogP contribution in [0.4, 0.5) is 11.9 Å². The zero-order valence-corrected chi connectivity index (χ0v) is 48.9. The molecule has 3 fully saturated rings. The number of aromatic amines is 2. The molecule has 416 valence electrons. The Morgan fingerprint density at radius 1 is 0.711 bits per heavy atom. The van der Waals surface area contributed by atoms with Crippen LogP contribution in [0.2, 0.25) is 36.3 Å². The van der Waals surface area contributed by atoms with Crippen molar-refractivity contribution in [2.75, 3.05) is 54.6 Å². The van der Waals surface area contributed by atoms with E-state index in [2.05, 4.69) is 39.9 Å². The summed E-state index contributed by atoms with van der Waals surface area (Å²) >= 11 is 0. The van der Waals surface area contributed by atoms with Crippen LogP contribution >= 0.6 is 15.6 Å². The number of hydrogen-bond donors (Lipinski definition) is 2. The largest absolute Gasteiger partial charge is 0.475 e. The van der Waals surface area contributed by atoms with Crippen LogP contribution in [0.25, 0.3) is 22.3 Å². The summed E-state index contributed by atoms with van der Waals surface area (Å²) in [6.45, 7) is 17.7. The second-order valence-electron chi connectivity index (χ2n) is 21.8. The minimum absolute atomic E-state index is 0.0376. The fourth-order valence-corrected chi connectivity index (χ4v) is 12.9. The number of imidazole rings is 2. The van der Waals surface area contributed by atoms with Gasteiger partial charge < -0.3 is 28.1 Å². The van der Waals surface area contributed by atoms with E-state index in [9.17, 15) is 20.1 Å². The molecule has 0 aromatic carbocycles. The van der Waals surface area contributed by atoms with Crippen LogP contribution in [-0.2, 0) is 54.6 Å². The first-order chi connectivity index (χ1) is 35.5. The van der Waals surface area contributed by atoms with Crippen molar-refractivity contribution in [3.05, 3.63) is 33.4 Å². The van der Waals surface area contributed by atoms with Gasteiger partial charge in [-0.2, -0.15) is 20.5 Å². The van der Waals surface area contributed by atoms with Crippen molar-refractivity contribution in [3.63, 3.8) is 0 Å². The molecule has 4 aromatic heterocycles. The van der Waals surface area contributed by atoms with Crippen LogP contribution in [0.15, 0.2) is 32.2 Å². The smallest absolute Gasteiger partial charge is 0.407 e. The van der Waals surface area contributed by atoms with E-state index in [-0.39, 0.29) is 47.1 Å². The molecule has 0 radical (unpaired) electrons. The average Bonchev–Trinajstić information content (AvgIpc) is 4.09. The Hall–Kier alpha value is -4.89. The molecule has 4 aromatic rings. The molecular weight excluding hydrogens is 1070 g/mol. The summed E-state index contributed by atoms with van der Waals surface area (Å²) in [5.41, 5.74) is -1.27. The molecule has 0 spiro atoms. The monoisotopic (exact) mass is 1130 g/mol. The molecule has 0 bridgehead atoms. The first kappa shape index (κ1) is 58.8. The molecule has 7 rings (SSSR count). The van der Waals surface area contributed by atoms with Crippen molar-refractivity contribution in [3.8, 4) is 12.1 Å². The zero-order chi connectivity index (χ0) is 55.8. The molecule has 76 heavy (non-hydrogen) atoms. The van der Waals surface area contributed by atoms with E-state index in [4.69, 9.17) is 45.5 Å². The van der Waals surface area contributed by atoms with Crippen molar-refractivity contribution in [2.45, 2.75) is 140 Å². The van der Waals surface area contributed by atoms with E-state index in [0.29, 0.717) is 0 Å². The van der Waals surface area contributed by atoms with E-state index in [0.717, 1.165) is 0 Å². The number of nitriles is 2. The maximum absolute atomic E-state index is 15.5. The second-order valence-corrected chi connectivity index (χ2v) is 34.5. The number of rotatable bonds is 16. The summed E-state index contributed by atoms with van der Waals surface area (Å²) in [6, 6.07) is 3.95. The predicted octanol–water partition coefficient (Wildman–Crippen LogP) is 6.17. The van der Waals surface area contributed by atoms with Crippen LogP contribution < -0.4 is 11.1 Å². The van der Waals surface area contributed by atoms with Crippen molar-refractivity contribution in [1.29, 1.82) is 10.5 Å². The number of fused-ring (bicyclic) bond motifs is 4. The normalized spacial score (nSPS) is 28.1. The van der Waals surface area contributed by atoms with Gasteiger partial charge in [-0.3, -0.25) is 55.8 Å². The minimum atomic E-state index is -4.90. The fourth-order valence-electron chi connectivity index (χ4n) is 7.57. The highest BCUT2D eigenvalue weighted by Gasteiger charge is 2.59. The number of nitrogens with zero attached hydrogens (tertiary/aromatic N) is 12. The molecule has 0 amide bonds. The number of H-pyrrole nitrogens is 2. The average molecular weight is 1140 g/mol. The van der Waals surface area contributed by atoms with Crippen LogP contribution in [0.3, 0.4) is 0 Å². The quantitative estimate of drug-likeness (QED) is 0.0416. The van der Waals surface area contributed by atoms with Crippen molar-refractivity contribution in [2.24, 2.45) is 9.98 Å². The maximum atomic E-state index is 15.5. The van der Waals surface area contributed by atoms with Gasteiger partial charge in [0.15, 0.2) is 51.4 Å². The standard InChI is InChI=1S/C44H68N14O14P2Si2/c1-43(2,3)75(11,12)71-33-31-27(67-39(33)57-25-47-29-35(57)51-41(53-37(29)59)49-23-55(7)8)21-65-74(62,64-20-16-18-46)70-32-28(22-66-73(61,69-31)63-19-15-17-45)68-40(34(32)72-76(13,14)44(4,5)6)58-26-48-30-36(58)52-42(54-38(30)60)50-24-56(9)10/h23-28,31-34,39-40H,15-16,19-22H2,1-14H3,(H,51,53,59)(H,52,54,60)/b49-23+,50-24+/t27-,28-,31-,32-,33-,34-,39-,40-,73?,74?/m1/s1. The summed E-state index contributed by atoms with van der Waals surface area (Å²) in [7, 11) is -8.66. The third-order valence-corrected chi connectivity index (χ3v) is 25.4. The Morgan fingerprint density at radius 3 is 1.41 bits per heavy atom. The summed E-state index contributed by atoms with van der Waals surface area (Å²) < 4.78 is 99.2. The first-order valence-corrected chi connectivity index (χ1v) is 33.1. The summed E-state index contributed by atoms with van der Waals surface area (Å²) in [5.74, 6) is -0.0996. The highest BCUT2D eigenvalue weighted by Crippen LogP contribution is 2.59. The lowest BCUT2D eigenvalue weighted by atomic mass is 10.1. The van der Waals surface area contributed by atoms with Crippen LogP contribution in [0.5, 0.6) is 0 Å². The number of hydrogen-bond acceptors (Lipinski definition) is 22. The van der Waals surface area contributed by atoms with Gasteiger partial charge in [0.25, 0.3) is 11.1 Å². The minimum Gasteiger partial charge on any atom is -0.407 e. The van der Waals surface area contributed by atoms with E-state index >= 15 is 9.13 Å². The van der Waals surface area contributed by atoms with Gasteiger partial charge in [-0.25, -0.2) is 29.1 Å². The van der Waals surface area contributed by atoms with E-state index in [1.54, 1.807) is 38.0 Å². The fraction of sp³-hybridized carbons (Fsp3) is 0.682. The summed E-state index contributed by atoms with van der Waals surface area (Å²) in [6.07, 6.45) is -5.66. The molecule has 3 saturated heterocycles. The number of phosphoric acid groups is 2. The van der Waals surface area contributed by atoms with Crippen LogP contribution in [-0.4, -0.2) is 169 Å². The van der Waals surface area contributed by atoms with Crippen LogP contribution in [0.1, 0.15) is 66.8 Å². The lowest BCUT2D eigenvalue weighted by Crippen LogP contribution is -2.50. The Balaban J connectivity index is 1.39. The van der Waals surface area contributed by atoms with Gasteiger partial charge in [0.2, 0.25) is 11.9 Å². The van der Waals surface area contributed by atoms with E-state index in [1.165, 1.54) is 34.5 Å². The molecule has 3 aliphatic heterocycles. The zero-order valence-electron chi connectivity index (χ0n) is 45.1. The molecular formula is C44H68N14O14P2Si2. The number of phosphoric ester groups is 2.